The van der Waals surface area contributed by atoms with E-state index in [9.17, 15) is 0 Å². The highest BCUT2D eigenvalue weighted by Crippen LogP contribution is 2.36. The molecule has 1 atom stereocenters. The van der Waals surface area contributed by atoms with Gasteiger partial charge in [0.1, 0.15) is 0 Å². The highest BCUT2D eigenvalue weighted by Gasteiger charge is 2.25. The summed E-state index contributed by atoms with van der Waals surface area (Å²) < 4.78 is 1.12. The van der Waals surface area contributed by atoms with Crippen molar-refractivity contribution in [3.63, 3.8) is 0 Å². The normalized spacial score (nSPS) is 17.8. The molecule has 1 heterocycles. The van der Waals surface area contributed by atoms with E-state index in [0.29, 0.717) is 12.1 Å². The van der Waals surface area contributed by atoms with Crippen molar-refractivity contribution in [2.75, 3.05) is 16.8 Å². The lowest BCUT2D eigenvalue weighted by molar-refractivity contribution is 0.617. The van der Waals surface area contributed by atoms with E-state index in [0.717, 1.165) is 11.0 Å². The fraction of sp³-hybridized carbons (Fsp3) is 0.294. The Balaban J connectivity index is 1.95. The number of halogens is 1. The van der Waals surface area contributed by atoms with Gasteiger partial charge in [0.2, 0.25) is 0 Å². The van der Waals surface area contributed by atoms with Crippen molar-refractivity contribution in [1.82, 2.24) is 0 Å². The van der Waals surface area contributed by atoms with Gasteiger partial charge in [0.05, 0.1) is 17.4 Å². The van der Waals surface area contributed by atoms with Gasteiger partial charge in [-0.05, 0) is 43.7 Å². The molecule has 2 nitrogen and oxygen atoms in total. The van der Waals surface area contributed by atoms with Crippen LogP contribution >= 0.6 is 15.9 Å². The molecule has 0 saturated carbocycles. The Kier molecular flexibility index (Phi) is 3.70. The lowest BCUT2D eigenvalue weighted by atomic mass is 10.0. The predicted octanol–water partition coefficient (Wildman–Crippen LogP) is 4.83. The molecule has 1 aliphatic heterocycles. The molecule has 0 fully saturated rings. The van der Waals surface area contributed by atoms with Crippen LogP contribution in [0, 0.1) is 0 Å². The van der Waals surface area contributed by atoms with Gasteiger partial charge in [0, 0.05) is 17.1 Å². The maximum Gasteiger partial charge on any atom is 0.0689 e. The molecular weight excluding hydrogens is 312 g/mol. The first-order valence-electron chi connectivity index (χ1n) is 7.03. The van der Waals surface area contributed by atoms with Gasteiger partial charge in [-0.1, -0.05) is 40.2 Å². The smallest absolute Gasteiger partial charge is 0.0689 e. The quantitative estimate of drug-likeness (QED) is 0.848. The average Bonchev–Trinajstić information content (AvgIpc) is 2.46. The molecule has 20 heavy (non-hydrogen) atoms. The van der Waals surface area contributed by atoms with E-state index in [1.54, 1.807) is 0 Å². The van der Waals surface area contributed by atoms with Crippen LogP contribution in [0.4, 0.5) is 11.4 Å². The number of benzene rings is 2. The van der Waals surface area contributed by atoms with Crippen molar-refractivity contribution < 1.29 is 0 Å². The molecule has 1 N–H and O–H groups in total. The summed E-state index contributed by atoms with van der Waals surface area (Å²) in [5, 5.41) is 3.66. The summed E-state index contributed by atoms with van der Waals surface area (Å²) in [6, 6.07) is 18.0. The Morgan fingerprint density at radius 1 is 1.10 bits per heavy atom. The maximum atomic E-state index is 3.66. The average molecular weight is 331 g/mol. The minimum atomic E-state index is 0.334. The van der Waals surface area contributed by atoms with E-state index < -0.39 is 0 Å². The van der Waals surface area contributed by atoms with E-state index >= 15 is 0 Å². The first kappa shape index (κ1) is 13.5. The first-order chi connectivity index (χ1) is 9.65. The second kappa shape index (κ2) is 5.49. The Morgan fingerprint density at radius 2 is 1.80 bits per heavy atom. The standard InChI is InChI=1S/C17H19BrN2/c1-12(2)20-11-16(13-7-9-14(18)10-8-13)19-15-5-3-4-6-17(15)20/h3-10,12,16,19H,11H2,1-2H3/t16-/m1/s1. The summed E-state index contributed by atoms with van der Waals surface area (Å²) >= 11 is 3.50. The lowest BCUT2D eigenvalue weighted by Gasteiger charge is -2.40. The van der Waals surface area contributed by atoms with E-state index in [-0.39, 0.29) is 0 Å². The molecular formula is C17H19BrN2. The van der Waals surface area contributed by atoms with Crippen LogP contribution < -0.4 is 10.2 Å². The zero-order valence-corrected chi connectivity index (χ0v) is 13.4. The Morgan fingerprint density at radius 3 is 2.50 bits per heavy atom. The molecule has 3 heteroatoms. The monoisotopic (exact) mass is 330 g/mol. The third-order valence-corrected chi connectivity index (χ3v) is 4.35. The van der Waals surface area contributed by atoms with Crippen molar-refractivity contribution in [3.05, 3.63) is 58.6 Å². The van der Waals surface area contributed by atoms with Crippen LogP contribution in [0.3, 0.4) is 0 Å². The van der Waals surface area contributed by atoms with Crippen molar-refractivity contribution in [2.45, 2.75) is 25.9 Å². The number of hydrogen-bond acceptors (Lipinski definition) is 2. The summed E-state index contributed by atoms with van der Waals surface area (Å²) in [5.74, 6) is 0. The lowest BCUT2D eigenvalue weighted by Crippen LogP contribution is -2.40. The number of rotatable bonds is 2. The molecule has 0 amide bonds. The molecule has 0 unspecified atom stereocenters. The number of nitrogens with zero attached hydrogens (tertiary/aromatic N) is 1. The first-order valence-corrected chi connectivity index (χ1v) is 7.82. The van der Waals surface area contributed by atoms with Gasteiger partial charge in [0.25, 0.3) is 0 Å². The summed E-state index contributed by atoms with van der Waals surface area (Å²) in [6.07, 6.45) is 0. The van der Waals surface area contributed by atoms with Crippen molar-refractivity contribution in [1.29, 1.82) is 0 Å². The Hall–Kier alpha value is -1.48. The topological polar surface area (TPSA) is 15.3 Å². The van der Waals surface area contributed by atoms with Crippen LogP contribution in [0.15, 0.2) is 53.0 Å². The zero-order valence-electron chi connectivity index (χ0n) is 11.8. The fourth-order valence-corrected chi connectivity index (χ4v) is 3.01. The summed E-state index contributed by atoms with van der Waals surface area (Å²) in [7, 11) is 0. The summed E-state index contributed by atoms with van der Waals surface area (Å²) in [4.78, 5) is 2.47. The van der Waals surface area contributed by atoms with Gasteiger partial charge in [-0.2, -0.15) is 0 Å². The molecule has 0 aliphatic carbocycles. The van der Waals surface area contributed by atoms with Gasteiger partial charge in [-0.15, -0.1) is 0 Å². The largest absolute Gasteiger partial charge is 0.375 e. The molecule has 0 aromatic heterocycles. The Labute approximate surface area is 128 Å². The molecule has 2 aromatic carbocycles. The minimum Gasteiger partial charge on any atom is -0.375 e. The molecule has 0 saturated heterocycles. The van der Waals surface area contributed by atoms with Crippen LogP contribution in [0.1, 0.15) is 25.5 Å². The predicted molar refractivity (Wildman–Crippen MR) is 89.4 cm³/mol. The molecule has 1 aliphatic rings. The molecule has 104 valence electrons. The molecule has 2 aromatic rings. The van der Waals surface area contributed by atoms with E-state index in [1.807, 2.05) is 0 Å². The molecule has 0 bridgehead atoms. The van der Waals surface area contributed by atoms with Gasteiger partial charge in [-0.25, -0.2) is 0 Å². The number of anilines is 2. The van der Waals surface area contributed by atoms with Crippen LogP contribution in [0.2, 0.25) is 0 Å². The molecule has 0 radical (unpaired) electrons. The van der Waals surface area contributed by atoms with Crippen LogP contribution in [0.25, 0.3) is 0 Å². The van der Waals surface area contributed by atoms with E-state index in [1.165, 1.54) is 16.9 Å². The van der Waals surface area contributed by atoms with Crippen molar-refractivity contribution in [2.24, 2.45) is 0 Å². The number of hydrogen-bond donors (Lipinski definition) is 1. The zero-order chi connectivity index (χ0) is 14.1. The SMILES string of the molecule is CC(C)N1C[C@H](c2ccc(Br)cc2)Nc2ccccc21. The van der Waals surface area contributed by atoms with Gasteiger partial charge in [0.15, 0.2) is 0 Å². The Bertz CT molecular complexity index is 592. The molecule has 3 rings (SSSR count). The van der Waals surface area contributed by atoms with Crippen LogP contribution in [0.5, 0.6) is 0 Å². The second-order valence-electron chi connectivity index (χ2n) is 5.51. The van der Waals surface area contributed by atoms with Crippen LogP contribution in [-0.2, 0) is 0 Å². The van der Waals surface area contributed by atoms with Gasteiger partial charge in [-0.3, -0.25) is 0 Å². The third kappa shape index (κ3) is 2.55. The maximum absolute atomic E-state index is 3.66. The van der Waals surface area contributed by atoms with Crippen LogP contribution in [-0.4, -0.2) is 12.6 Å². The fourth-order valence-electron chi connectivity index (χ4n) is 2.75. The summed E-state index contributed by atoms with van der Waals surface area (Å²) in [6.45, 7) is 5.50. The van der Waals surface area contributed by atoms with Crippen molar-refractivity contribution in [3.8, 4) is 0 Å². The number of para-hydroxylation sites is 2. The highest BCUT2D eigenvalue weighted by molar-refractivity contribution is 9.10. The minimum absolute atomic E-state index is 0.334. The van der Waals surface area contributed by atoms with Crippen molar-refractivity contribution >= 4 is 27.3 Å². The third-order valence-electron chi connectivity index (χ3n) is 3.82. The second-order valence-corrected chi connectivity index (χ2v) is 6.43. The van der Waals surface area contributed by atoms with Gasteiger partial charge < -0.3 is 10.2 Å². The number of nitrogens with one attached hydrogen (secondary N) is 1. The molecule has 0 spiro atoms. The van der Waals surface area contributed by atoms with Gasteiger partial charge >= 0.3 is 0 Å². The van der Waals surface area contributed by atoms with E-state index in [4.69, 9.17) is 0 Å². The highest BCUT2D eigenvalue weighted by atomic mass is 79.9. The number of fused-ring (bicyclic) bond motifs is 1. The van der Waals surface area contributed by atoms with E-state index in [2.05, 4.69) is 88.5 Å². The summed E-state index contributed by atoms with van der Waals surface area (Å²) in [5.41, 5.74) is 3.85.